The summed E-state index contributed by atoms with van der Waals surface area (Å²) in [7, 11) is 0. The standard InChI is InChI=1S/C16H23N3O2.HI/c1-3-17-16(18-9-10-20-4-2)19-12-14-11-13-7-5-6-8-15(13)21-14;/h5-8,11H,3-4,9-10,12H2,1-2H3,(H2,17,18,19);1H. The Morgan fingerprint density at radius 1 is 1.23 bits per heavy atom. The highest BCUT2D eigenvalue weighted by molar-refractivity contribution is 14.0. The molecule has 2 aromatic rings. The number of nitrogens with zero attached hydrogens (tertiary/aromatic N) is 1. The molecule has 0 bridgehead atoms. The third kappa shape index (κ3) is 5.84. The molecule has 0 aliphatic carbocycles. The van der Waals surface area contributed by atoms with Gasteiger partial charge in [-0.05, 0) is 26.0 Å². The third-order valence-corrected chi connectivity index (χ3v) is 2.96. The average Bonchev–Trinajstić information content (AvgIpc) is 2.92. The first-order valence-corrected chi connectivity index (χ1v) is 7.41. The van der Waals surface area contributed by atoms with E-state index in [0.717, 1.165) is 42.4 Å². The minimum absolute atomic E-state index is 0. The normalized spacial score (nSPS) is 11.3. The van der Waals surface area contributed by atoms with Crippen LogP contribution in [0, 0.1) is 0 Å². The first-order chi connectivity index (χ1) is 10.3. The zero-order chi connectivity index (χ0) is 14.9. The summed E-state index contributed by atoms with van der Waals surface area (Å²) in [5, 5.41) is 7.55. The highest BCUT2D eigenvalue weighted by Crippen LogP contribution is 2.19. The van der Waals surface area contributed by atoms with Gasteiger partial charge >= 0.3 is 0 Å². The van der Waals surface area contributed by atoms with Crippen molar-refractivity contribution in [2.75, 3.05) is 26.3 Å². The van der Waals surface area contributed by atoms with Crippen LogP contribution in [0.3, 0.4) is 0 Å². The third-order valence-electron chi connectivity index (χ3n) is 2.96. The molecule has 22 heavy (non-hydrogen) atoms. The molecule has 0 saturated heterocycles. The molecule has 0 atom stereocenters. The lowest BCUT2D eigenvalue weighted by Gasteiger charge is -2.10. The number of benzene rings is 1. The van der Waals surface area contributed by atoms with Crippen LogP contribution < -0.4 is 10.6 Å². The molecule has 0 aliphatic heterocycles. The second-order valence-corrected chi connectivity index (χ2v) is 4.57. The SMILES string of the molecule is CCNC(=NCc1cc2ccccc2o1)NCCOCC.I. The molecule has 122 valence electrons. The van der Waals surface area contributed by atoms with Crippen molar-refractivity contribution in [2.45, 2.75) is 20.4 Å². The van der Waals surface area contributed by atoms with Gasteiger partial charge in [-0.3, -0.25) is 0 Å². The van der Waals surface area contributed by atoms with Crippen LogP contribution in [0.2, 0.25) is 0 Å². The van der Waals surface area contributed by atoms with Crippen LogP contribution in [0.1, 0.15) is 19.6 Å². The summed E-state index contributed by atoms with van der Waals surface area (Å²) in [5.74, 6) is 1.64. The van der Waals surface area contributed by atoms with Gasteiger partial charge in [-0.25, -0.2) is 4.99 Å². The number of aliphatic imine (C=N–C) groups is 1. The van der Waals surface area contributed by atoms with Crippen LogP contribution in [-0.2, 0) is 11.3 Å². The zero-order valence-electron chi connectivity index (χ0n) is 13.1. The fourth-order valence-corrected chi connectivity index (χ4v) is 2.00. The number of ether oxygens (including phenoxy) is 1. The molecule has 2 rings (SSSR count). The highest BCUT2D eigenvalue weighted by atomic mass is 127. The van der Waals surface area contributed by atoms with E-state index in [0.29, 0.717) is 13.2 Å². The van der Waals surface area contributed by atoms with Crippen LogP contribution in [0.4, 0.5) is 0 Å². The average molecular weight is 417 g/mol. The van der Waals surface area contributed by atoms with Crippen molar-refractivity contribution in [3.63, 3.8) is 0 Å². The Morgan fingerprint density at radius 2 is 2.05 bits per heavy atom. The van der Waals surface area contributed by atoms with E-state index < -0.39 is 0 Å². The Hall–Kier alpha value is -1.28. The van der Waals surface area contributed by atoms with Gasteiger partial charge in [0.15, 0.2) is 5.96 Å². The Balaban J connectivity index is 0.00000242. The Morgan fingerprint density at radius 3 is 2.77 bits per heavy atom. The molecule has 0 spiro atoms. The van der Waals surface area contributed by atoms with Gasteiger partial charge in [-0.1, -0.05) is 18.2 Å². The van der Waals surface area contributed by atoms with Gasteiger partial charge in [0.25, 0.3) is 0 Å². The number of guanidine groups is 1. The zero-order valence-corrected chi connectivity index (χ0v) is 15.4. The first-order valence-electron chi connectivity index (χ1n) is 7.41. The number of furan rings is 1. The van der Waals surface area contributed by atoms with Gasteiger partial charge in [0.2, 0.25) is 0 Å². The molecule has 0 fully saturated rings. The topological polar surface area (TPSA) is 58.8 Å². The second kappa shape index (κ2) is 10.4. The maximum atomic E-state index is 5.75. The summed E-state index contributed by atoms with van der Waals surface area (Å²) in [6.07, 6.45) is 0. The van der Waals surface area contributed by atoms with E-state index >= 15 is 0 Å². The smallest absolute Gasteiger partial charge is 0.191 e. The lowest BCUT2D eigenvalue weighted by atomic mass is 10.2. The number of para-hydroxylation sites is 1. The van der Waals surface area contributed by atoms with E-state index in [4.69, 9.17) is 9.15 Å². The van der Waals surface area contributed by atoms with E-state index in [1.807, 2.05) is 44.2 Å². The van der Waals surface area contributed by atoms with E-state index in [1.165, 1.54) is 0 Å². The molecule has 1 aromatic carbocycles. The monoisotopic (exact) mass is 417 g/mol. The molecule has 1 heterocycles. The maximum absolute atomic E-state index is 5.75. The van der Waals surface area contributed by atoms with Gasteiger partial charge in [-0.15, -0.1) is 24.0 Å². The summed E-state index contributed by atoms with van der Waals surface area (Å²) < 4.78 is 11.1. The summed E-state index contributed by atoms with van der Waals surface area (Å²) in [6, 6.07) is 10.0. The second-order valence-electron chi connectivity index (χ2n) is 4.57. The van der Waals surface area contributed by atoms with E-state index in [2.05, 4.69) is 15.6 Å². The minimum Gasteiger partial charge on any atom is -0.459 e. The lowest BCUT2D eigenvalue weighted by molar-refractivity contribution is 0.152. The molecule has 0 unspecified atom stereocenters. The van der Waals surface area contributed by atoms with Crippen molar-refractivity contribution in [3.8, 4) is 0 Å². The van der Waals surface area contributed by atoms with E-state index in [1.54, 1.807) is 0 Å². The molecule has 0 radical (unpaired) electrons. The predicted octanol–water partition coefficient (Wildman–Crippen LogP) is 3.14. The molecule has 5 nitrogen and oxygen atoms in total. The summed E-state index contributed by atoms with van der Waals surface area (Å²) in [4.78, 5) is 4.52. The molecule has 0 amide bonds. The van der Waals surface area contributed by atoms with E-state index in [9.17, 15) is 0 Å². The lowest BCUT2D eigenvalue weighted by Crippen LogP contribution is -2.38. The van der Waals surface area contributed by atoms with Crippen LogP contribution in [0.15, 0.2) is 39.7 Å². The first kappa shape index (κ1) is 18.8. The number of hydrogen-bond acceptors (Lipinski definition) is 3. The molecule has 0 aliphatic rings. The Bertz CT molecular complexity index is 551. The van der Waals surface area contributed by atoms with Crippen molar-refractivity contribution in [1.82, 2.24) is 10.6 Å². The van der Waals surface area contributed by atoms with Gasteiger partial charge < -0.3 is 19.8 Å². The van der Waals surface area contributed by atoms with Gasteiger partial charge in [-0.2, -0.15) is 0 Å². The van der Waals surface area contributed by atoms with E-state index in [-0.39, 0.29) is 24.0 Å². The van der Waals surface area contributed by atoms with Crippen LogP contribution in [-0.4, -0.2) is 32.3 Å². The molecule has 1 aromatic heterocycles. The minimum atomic E-state index is 0. The number of hydrogen-bond donors (Lipinski definition) is 2. The summed E-state index contributed by atoms with van der Waals surface area (Å²) in [5.41, 5.74) is 0.900. The van der Waals surface area contributed by atoms with Gasteiger partial charge in [0, 0.05) is 25.1 Å². The largest absolute Gasteiger partial charge is 0.459 e. The molecule has 6 heteroatoms. The molecular weight excluding hydrogens is 393 g/mol. The molecule has 2 N–H and O–H groups in total. The molecule has 0 saturated carbocycles. The van der Waals surface area contributed by atoms with Crippen molar-refractivity contribution >= 4 is 40.9 Å². The summed E-state index contributed by atoms with van der Waals surface area (Å²) in [6.45, 7) is 7.50. The van der Waals surface area contributed by atoms with Crippen molar-refractivity contribution in [1.29, 1.82) is 0 Å². The van der Waals surface area contributed by atoms with Gasteiger partial charge in [0.05, 0.1) is 6.61 Å². The number of nitrogens with one attached hydrogen (secondary N) is 2. The highest BCUT2D eigenvalue weighted by Gasteiger charge is 2.03. The van der Waals surface area contributed by atoms with Crippen LogP contribution in [0.5, 0.6) is 0 Å². The Labute approximate surface area is 148 Å². The summed E-state index contributed by atoms with van der Waals surface area (Å²) >= 11 is 0. The van der Waals surface area contributed by atoms with Crippen molar-refractivity contribution in [3.05, 3.63) is 36.1 Å². The van der Waals surface area contributed by atoms with Crippen molar-refractivity contribution < 1.29 is 9.15 Å². The van der Waals surface area contributed by atoms with Crippen LogP contribution >= 0.6 is 24.0 Å². The van der Waals surface area contributed by atoms with Gasteiger partial charge in [0.1, 0.15) is 17.9 Å². The maximum Gasteiger partial charge on any atom is 0.191 e. The molecular formula is C16H24IN3O2. The fourth-order valence-electron chi connectivity index (χ4n) is 2.00. The Kier molecular flexibility index (Phi) is 8.91. The number of halogens is 1. The fraction of sp³-hybridized carbons (Fsp3) is 0.438. The number of rotatable bonds is 7. The number of fused-ring (bicyclic) bond motifs is 1. The van der Waals surface area contributed by atoms with Crippen LogP contribution in [0.25, 0.3) is 11.0 Å². The quantitative estimate of drug-likeness (QED) is 0.315. The predicted molar refractivity (Wildman–Crippen MR) is 101 cm³/mol. The van der Waals surface area contributed by atoms with Crippen molar-refractivity contribution in [2.24, 2.45) is 4.99 Å².